The van der Waals surface area contributed by atoms with Gasteiger partial charge in [0.05, 0.1) is 4.90 Å². The number of rotatable bonds is 4. The summed E-state index contributed by atoms with van der Waals surface area (Å²) < 4.78 is 63.7. The summed E-state index contributed by atoms with van der Waals surface area (Å²) >= 11 is 0. The first-order chi connectivity index (χ1) is 12.6. The molecule has 0 aliphatic rings. The molecule has 0 spiro atoms. The number of phenolic OH excluding ortho intramolecular Hbond substituents is 1. The summed E-state index contributed by atoms with van der Waals surface area (Å²) in [6.07, 6.45) is 0. The van der Waals surface area contributed by atoms with Gasteiger partial charge in [0.1, 0.15) is 22.0 Å². The molecule has 0 aliphatic heterocycles. The van der Waals surface area contributed by atoms with E-state index in [1.54, 1.807) is 0 Å². The first kappa shape index (κ1) is 26.2. The van der Waals surface area contributed by atoms with Gasteiger partial charge in [-0.25, -0.2) is 0 Å². The van der Waals surface area contributed by atoms with Crippen molar-refractivity contribution in [2.75, 3.05) is 0 Å². The van der Waals surface area contributed by atoms with Gasteiger partial charge >= 0.3 is 59.1 Å². The molecule has 0 saturated carbocycles. The normalized spacial score (nSPS) is 11.8. The van der Waals surface area contributed by atoms with Crippen molar-refractivity contribution < 1.29 is 93.0 Å². The molecule has 29 heavy (non-hydrogen) atoms. The van der Waals surface area contributed by atoms with Crippen LogP contribution in [0.5, 0.6) is 5.75 Å². The molecule has 13 heteroatoms. The topological polar surface area (TPSA) is 154 Å². The van der Waals surface area contributed by atoms with Gasteiger partial charge < -0.3 is 7.96 Å². The van der Waals surface area contributed by atoms with Crippen LogP contribution in [0.15, 0.2) is 74.6 Å². The molecular weight excluding hydrogens is 442 g/mol. The molecule has 3 N–H and O–H groups in total. The molecule has 0 bridgehead atoms. The molecule has 3 aromatic rings. The minimum atomic E-state index is -4.52. The number of fused-ring (bicyclic) bond motifs is 1. The first-order valence-corrected chi connectivity index (χ1v) is 10.2. The Labute approximate surface area is 213 Å². The molecule has 0 unspecified atom stereocenters. The molecule has 0 aromatic heterocycles. The third kappa shape index (κ3) is 6.07. The number of nitrogens with zero attached hydrogens (tertiary/aromatic N) is 2. The first-order valence-electron chi connectivity index (χ1n) is 7.29. The molecule has 0 radical (unpaired) electrons. The zero-order valence-corrected chi connectivity index (χ0v) is 21.0. The minimum absolute atomic E-state index is 0. The Morgan fingerprint density at radius 1 is 0.793 bits per heavy atom. The van der Waals surface area contributed by atoms with E-state index in [2.05, 4.69) is 10.2 Å². The number of phenols is 1. The Kier molecular flexibility index (Phi) is 8.99. The van der Waals surface area contributed by atoms with Crippen molar-refractivity contribution in [3.05, 3.63) is 54.6 Å². The van der Waals surface area contributed by atoms with Crippen LogP contribution in [0.3, 0.4) is 0 Å². The Balaban J connectivity index is 0. The maximum atomic E-state index is 11.4. The molecule has 3 aromatic carbocycles. The summed E-state index contributed by atoms with van der Waals surface area (Å²) in [5.41, 5.74) is -0.189. The fourth-order valence-electron chi connectivity index (χ4n) is 2.41. The molecule has 0 heterocycles. The maximum absolute atomic E-state index is 11.4. The Hall–Kier alpha value is -0.860. The second-order valence-electron chi connectivity index (χ2n) is 5.43. The molecular formula is C16H14N2Na2O7S2. The SMILES string of the molecule is O=S(=O)(O)c1ccc2c(N=Nc3ccccc3S(=O)(=O)O)c(O)ccc2c1.[H-].[H-].[Na+].[Na+]. The van der Waals surface area contributed by atoms with Gasteiger partial charge in [0, 0.05) is 5.39 Å². The molecule has 0 amide bonds. The number of benzene rings is 3. The summed E-state index contributed by atoms with van der Waals surface area (Å²) in [4.78, 5) is -0.789. The van der Waals surface area contributed by atoms with E-state index in [4.69, 9.17) is 4.55 Å². The number of hydrogen-bond donors (Lipinski definition) is 3. The molecule has 0 atom stereocenters. The van der Waals surface area contributed by atoms with Crippen LogP contribution in [0.1, 0.15) is 2.85 Å². The maximum Gasteiger partial charge on any atom is 1.00 e. The van der Waals surface area contributed by atoms with Gasteiger partial charge in [-0.05, 0) is 35.7 Å². The van der Waals surface area contributed by atoms with Crippen LogP contribution < -0.4 is 59.1 Å². The van der Waals surface area contributed by atoms with Crippen molar-refractivity contribution in [3.8, 4) is 5.75 Å². The average molecular weight is 456 g/mol. The number of azo groups is 1. The summed E-state index contributed by atoms with van der Waals surface area (Å²) in [6, 6.07) is 11.7. The zero-order valence-electron chi connectivity index (χ0n) is 17.4. The Bertz CT molecular complexity index is 1300. The Morgan fingerprint density at radius 2 is 1.45 bits per heavy atom. The van der Waals surface area contributed by atoms with Gasteiger partial charge in [0.25, 0.3) is 20.2 Å². The van der Waals surface area contributed by atoms with Gasteiger partial charge in [-0.1, -0.05) is 24.3 Å². The van der Waals surface area contributed by atoms with Gasteiger partial charge in [0.2, 0.25) is 0 Å². The fourth-order valence-corrected chi connectivity index (χ4v) is 3.55. The van der Waals surface area contributed by atoms with Crippen molar-refractivity contribution in [2.45, 2.75) is 9.79 Å². The Morgan fingerprint density at radius 3 is 2.07 bits per heavy atom. The average Bonchev–Trinajstić information content (AvgIpc) is 2.59. The van der Waals surface area contributed by atoms with Crippen molar-refractivity contribution in [1.82, 2.24) is 0 Å². The van der Waals surface area contributed by atoms with E-state index in [0.29, 0.717) is 10.8 Å². The van der Waals surface area contributed by atoms with E-state index in [1.807, 2.05) is 0 Å². The van der Waals surface area contributed by atoms with Crippen molar-refractivity contribution in [2.24, 2.45) is 10.2 Å². The number of hydrogen-bond acceptors (Lipinski definition) is 7. The fraction of sp³-hybridized carbons (Fsp3) is 0. The quantitative estimate of drug-likeness (QED) is 0.226. The van der Waals surface area contributed by atoms with E-state index < -0.39 is 25.1 Å². The molecule has 144 valence electrons. The van der Waals surface area contributed by atoms with Crippen molar-refractivity contribution >= 4 is 42.4 Å². The van der Waals surface area contributed by atoms with Crippen LogP contribution in [0.4, 0.5) is 11.4 Å². The largest absolute Gasteiger partial charge is 1.00 e. The zero-order chi connectivity index (χ0) is 19.8. The summed E-state index contributed by atoms with van der Waals surface area (Å²) in [5.74, 6) is -0.282. The monoisotopic (exact) mass is 456 g/mol. The molecule has 0 saturated heterocycles. The predicted molar refractivity (Wildman–Crippen MR) is 98.1 cm³/mol. The smallest absolute Gasteiger partial charge is 1.00 e. The molecule has 0 fully saturated rings. The third-order valence-corrected chi connectivity index (χ3v) is 5.39. The third-order valence-electron chi connectivity index (χ3n) is 3.64. The number of aromatic hydroxyl groups is 1. The van der Waals surface area contributed by atoms with Crippen LogP contribution in [-0.4, -0.2) is 31.0 Å². The van der Waals surface area contributed by atoms with E-state index in [0.717, 1.165) is 12.1 Å². The van der Waals surface area contributed by atoms with Crippen LogP contribution in [0.25, 0.3) is 10.8 Å². The molecule has 3 rings (SSSR count). The minimum Gasteiger partial charge on any atom is -1.00 e. The summed E-state index contributed by atoms with van der Waals surface area (Å²) in [6.45, 7) is 0. The van der Waals surface area contributed by atoms with Crippen LogP contribution in [0, 0.1) is 0 Å². The predicted octanol–water partition coefficient (Wildman–Crippen LogP) is -2.31. The second-order valence-corrected chi connectivity index (χ2v) is 8.25. The van der Waals surface area contributed by atoms with Crippen molar-refractivity contribution in [3.63, 3.8) is 0 Å². The van der Waals surface area contributed by atoms with E-state index in [-0.39, 0.29) is 84.0 Å². The van der Waals surface area contributed by atoms with Crippen LogP contribution in [0.2, 0.25) is 0 Å². The standard InChI is InChI=1S/C16H12N2O7S2.2Na.2H/c19-14-8-5-10-9-11(26(20,21)22)6-7-12(10)16(14)18-17-13-3-1-2-4-15(13)27(23,24)25;;;;/h1-9,19H,(H,20,21,22)(H,23,24,25);;;;/q;2*+1;2*-1. The van der Waals surface area contributed by atoms with Crippen LogP contribution in [-0.2, 0) is 20.2 Å². The summed E-state index contributed by atoms with van der Waals surface area (Å²) in [5, 5.41) is 18.4. The molecule has 9 nitrogen and oxygen atoms in total. The van der Waals surface area contributed by atoms with E-state index in [1.165, 1.54) is 42.5 Å². The molecule has 0 aliphatic carbocycles. The van der Waals surface area contributed by atoms with Gasteiger partial charge in [0.15, 0.2) is 0 Å². The van der Waals surface area contributed by atoms with E-state index >= 15 is 0 Å². The van der Waals surface area contributed by atoms with Gasteiger partial charge in [-0.2, -0.15) is 16.8 Å². The van der Waals surface area contributed by atoms with Gasteiger partial charge in [-0.3, -0.25) is 9.11 Å². The van der Waals surface area contributed by atoms with E-state index in [9.17, 15) is 26.5 Å². The van der Waals surface area contributed by atoms with Crippen molar-refractivity contribution in [1.29, 1.82) is 0 Å². The summed E-state index contributed by atoms with van der Waals surface area (Å²) in [7, 11) is -8.93. The van der Waals surface area contributed by atoms with Gasteiger partial charge in [-0.15, -0.1) is 10.2 Å². The van der Waals surface area contributed by atoms with Crippen LogP contribution >= 0.6 is 0 Å². The second kappa shape index (κ2) is 9.96.